The summed E-state index contributed by atoms with van der Waals surface area (Å²) in [6.07, 6.45) is 2.44. The van der Waals surface area contributed by atoms with Gasteiger partial charge in [-0.25, -0.2) is 8.42 Å². The number of sulfonamides is 1. The number of amides is 1. The summed E-state index contributed by atoms with van der Waals surface area (Å²) >= 11 is 0. The smallest absolute Gasteiger partial charge is 0.233 e. The number of hydrogen-bond acceptors (Lipinski definition) is 5. The molecule has 1 amide bonds. The Kier molecular flexibility index (Phi) is 5.74. The minimum Gasteiger partial charge on any atom is -0.497 e. The fourth-order valence-corrected chi connectivity index (χ4v) is 4.71. The SMILES string of the molecule is COc1cccc(NS(=O)(=O)CC(C)C(=O)N2CCC(c3ccco3)C2)c1. The zero-order valence-corrected chi connectivity index (χ0v) is 16.2. The Morgan fingerprint density at radius 1 is 1.37 bits per heavy atom. The molecule has 2 atom stereocenters. The van der Waals surface area contributed by atoms with E-state index in [2.05, 4.69) is 4.72 Å². The summed E-state index contributed by atoms with van der Waals surface area (Å²) in [7, 11) is -2.15. The fourth-order valence-electron chi connectivity index (χ4n) is 3.34. The van der Waals surface area contributed by atoms with Gasteiger partial charge in [-0.15, -0.1) is 0 Å². The third-order valence-corrected chi connectivity index (χ3v) is 6.17. The van der Waals surface area contributed by atoms with Crippen molar-refractivity contribution in [2.45, 2.75) is 19.3 Å². The van der Waals surface area contributed by atoms with E-state index in [0.29, 0.717) is 24.5 Å². The molecule has 0 spiro atoms. The lowest BCUT2D eigenvalue weighted by Gasteiger charge is -2.21. The summed E-state index contributed by atoms with van der Waals surface area (Å²) in [5.41, 5.74) is 0.410. The van der Waals surface area contributed by atoms with Gasteiger partial charge in [-0.3, -0.25) is 9.52 Å². The second-order valence-corrected chi connectivity index (χ2v) is 8.57. The summed E-state index contributed by atoms with van der Waals surface area (Å²) in [5, 5.41) is 0. The number of anilines is 1. The van der Waals surface area contributed by atoms with Gasteiger partial charge in [0.15, 0.2) is 0 Å². The summed E-state index contributed by atoms with van der Waals surface area (Å²) in [4.78, 5) is 14.4. The number of furan rings is 1. The molecule has 1 saturated heterocycles. The number of carbonyl (C=O) groups excluding carboxylic acids is 1. The van der Waals surface area contributed by atoms with E-state index in [0.717, 1.165) is 12.2 Å². The van der Waals surface area contributed by atoms with Gasteiger partial charge in [0.05, 0.1) is 30.7 Å². The van der Waals surface area contributed by atoms with Crippen molar-refractivity contribution < 1.29 is 22.4 Å². The largest absolute Gasteiger partial charge is 0.497 e. The highest BCUT2D eigenvalue weighted by atomic mass is 32.2. The van der Waals surface area contributed by atoms with Gasteiger partial charge >= 0.3 is 0 Å². The predicted molar refractivity (Wildman–Crippen MR) is 102 cm³/mol. The molecule has 146 valence electrons. The molecule has 1 aromatic heterocycles. The summed E-state index contributed by atoms with van der Waals surface area (Å²) < 4.78 is 37.9. The quantitative estimate of drug-likeness (QED) is 0.783. The van der Waals surface area contributed by atoms with Gasteiger partial charge < -0.3 is 14.1 Å². The number of nitrogens with zero attached hydrogens (tertiary/aromatic N) is 1. The van der Waals surface area contributed by atoms with Crippen molar-refractivity contribution >= 4 is 21.6 Å². The molecular weight excluding hydrogens is 368 g/mol. The Morgan fingerprint density at radius 2 is 2.19 bits per heavy atom. The van der Waals surface area contributed by atoms with Crippen LogP contribution >= 0.6 is 0 Å². The standard InChI is InChI=1S/C19H24N2O5S/c1-14(13-27(23,24)20-16-5-3-6-17(11-16)25-2)19(22)21-9-8-15(12-21)18-7-4-10-26-18/h3-7,10-11,14-15,20H,8-9,12-13H2,1-2H3. The molecule has 8 heteroatoms. The monoisotopic (exact) mass is 392 g/mol. The number of nitrogens with one attached hydrogen (secondary N) is 1. The summed E-state index contributed by atoms with van der Waals surface area (Å²) in [6, 6.07) is 10.4. The molecule has 0 aliphatic carbocycles. The van der Waals surface area contributed by atoms with Crippen LogP contribution in [0.1, 0.15) is 25.0 Å². The molecule has 1 aliphatic heterocycles. The van der Waals surface area contributed by atoms with Crippen LogP contribution in [-0.4, -0.2) is 45.2 Å². The number of hydrogen-bond donors (Lipinski definition) is 1. The molecule has 1 fully saturated rings. The van der Waals surface area contributed by atoms with E-state index in [1.165, 1.54) is 7.11 Å². The zero-order valence-electron chi connectivity index (χ0n) is 15.4. The Morgan fingerprint density at radius 3 is 2.89 bits per heavy atom. The third-order valence-electron chi connectivity index (χ3n) is 4.68. The second-order valence-electron chi connectivity index (χ2n) is 6.80. The highest BCUT2D eigenvalue weighted by Crippen LogP contribution is 2.28. The summed E-state index contributed by atoms with van der Waals surface area (Å²) in [5.74, 6) is 0.530. The first-order chi connectivity index (χ1) is 12.9. The number of likely N-dealkylation sites (tertiary alicyclic amines) is 1. The van der Waals surface area contributed by atoms with Crippen LogP contribution in [0.25, 0.3) is 0 Å². The summed E-state index contributed by atoms with van der Waals surface area (Å²) in [6.45, 7) is 2.81. The van der Waals surface area contributed by atoms with Crippen molar-refractivity contribution in [1.82, 2.24) is 4.90 Å². The van der Waals surface area contributed by atoms with Crippen LogP contribution in [0.4, 0.5) is 5.69 Å². The molecular formula is C19H24N2O5S. The van der Waals surface area contributed by atoms with Crippen molar-refractivity contribution in [2.75, 3.05) is 30.7 Å². The number of methoxy groups -OCH3 is 1. The molecule has 2 heterocycles. The Balaban J connectivity index is 1.58. The van der Waals surface area contributed by atoms with Crippen LogP contribution in [0.3, 0.4) is 0 Å². The van der Waals surface area contributed by atoms with Gasteiger partial charge in [-0.05, 0) is 30.7 Å². The van der Waals surface area contributed by atoms with Gasteiger partial charge in [-0.2, -0.15) is 0 Å². The van der Waals surface area contributed by atoms with Gasteiger partial charge in [-0.1, -0.05) is 13.0 Å². The van der Waals surface area contributed by atoms with E-state index in [9.17, 15) is 13.2 Å². The maximum atomic E-state index is 12.7. The molecule has 1 aliphatic rings. The van der Waals surface area contributed by atoms with Crippen LogP contribution in [0.5, 0.6) is 5.75 Å². The molecule has 2 aromatic rings. The molecule has 0 radical (unpaired) electrons. The predicted octanol–water partition coefficient (Wildman–Crippen LogP) is 2.68. The van der Waals surface area contributed by atoms with Crippen LogP contribution < -0.4 is 9.46 Å². The molecule has 27 heavy (non-hydrogen) atoms. The van der Waals surface area contributed by atoms with Crippen molar-refractivity contribution in [3.05, 3.63) is 48.4 Å². The lowest BCUT2D eigenvalue weighted by Crippen LogP contribution is -2.37. The van der Waals surface area contributed by atoms with Gasteiger partial charge in [0.25, 0.3) is 0 Å². The maximum absolute atomic E-state index is 12.7. The second kappa shape index (κ2) is 8.04. The van der Waals surface area contributed by atoms with E-state index in [-0.39, 0.29) is 17.6 Å². The molecule has 1 aromatic carbocycles. The third kappa shape index (κ3) is 4.82. The molecule has 1 N–H and O–H groups in total. The number of carbonyl (C=O) groups is 1. The Bertz CT molecular complexity index is 879. The normalized spacial score (nSPS) is 18.3. The van der Waals surface area contributed by atoms with Crippen molar-refractivity contribution in [1.29, 1.82) is 0 Å². The van der Waals surface area contributed by atoms with Crippen molar-refractivity contribution in [3.63, 3.8) is 0 Å². The first kappa shape index (κ1) is 19.3. The van der Waals surface area contributed by atoms with Gasteiger partial charge in [0.1, 0.15) is 11.5 Å². The van der Waals surface area contributed by atoms with E-state index >= 15 is 0 Å². The fraction of sp³-hybridized carbons (Fsp3) is 0.421. The number of benzene rings is 1. The number of rotatable bonds is 7. The Hall–Kier alpha value is -2.48. The Labute approximate surface area is 159 Å². The topological polar surface area (TPSA) is 88.8 Å². The first-order valence-corrected chi connectivity index (χ1v) is 10.5. The van der Waals surface area contributed by atoms with Crippen LogP contribution in [0, 0.1) is 5.92 Å². The average molecular weight is 392 g/mol. The van der Waals surface area contributed by atoms with Crippen LogP contribution in [0.2, 0.25) is 0 Å². The lowest BCUT2D eigenvalue weighted by atomic mass is 10.1. The van der Waals surface area contributed by atoms with E-state index in [4.69, 9.17) is 9.15 Å². The highest BCUT2D eigenvalue weighted by molar-refractivity contribution is 7.92. The zero-order chi connectivity index (χ0) is 19.4. The molecule has 0 saturated carbocycles. The van der Waals surface area contributed by atoms with Crippen LogP contribution in [0.15, 0.2) is 47.1 Å². The lowest BCUT2D eigenvalue weighted by molar-refractivity contribution is -0.133. The molecule has 7 nitrogen and oxygen atoms in total. The van der Waals surface area contributed by atoms with Crippen LogP contribution in [-0.2, 0) is 14.8 Å². The molecule has 2 unspecified atom stereocenters. The van der Waals surface area contributed by atoms with E-state index in [1.54, 1.807) is 42.4 Å². The maximum Gasteiger partial charge on any atom is 0.233 e. The van der Waals surface area contributed by atoms with Gasteiger partial charge in [0, 0.05) is 25.1 Å². The van der Waals surface area contributed by atoms with E-state index in [1.807, 2.05) is 12.1 Å². The minimum absolute atomic E-state index is 0.153. The first-order valence-electron chi connectivity index (χ1n) is 8.84. The highest BCUT2D eigenvalue weighted by Gasteiger charge is 2.32. The molecule has 3 rings (SSSR count). The molecule has 0 bridgehead atoms. The number of ether oxygens (including phenoxy) is 1. The average Bonchev–Trinajstić information content (AvgIpc) is 3.31. The van der Waals surface area contributed by atoms with Crippen molar-refractivity contribution in [3.8, 4) is 5.75 Å². The van der Waals surface area contributed by atoms with Gasteiger partial charge in [0.2, 0.25) is 15.9 Å². The van der Waals surface area contributed by atoms with E-state index < -0.39 is 15.9 Å². The minimum atomic E-state index is -3.66. The van der Waals surface area contributed by atoms with Crippen molar-refractivity contribution in [2.24, 2.45) is 5.92 Å².